The molecule has 206 valence electrons. The smallest absolute Gasteiger partial charge is 0.130 e. The van der Waals surface area contributed by atoms with E-state index in [2.05, 4.69) is 103 Å². The van der Waals surface area contributed by atoms with Crippen LogP contribution in [0.1, 0.15) is 79.1 Å². The van der Waals surface area contributed by atoms with E-state index in [0.29, 0.717) is 6.04 Å². The van der Waals surface area contributed by atoms with Gasteiger partial charge in [0, 0.05) is 33.3 Å². The standard InChI is InChI=1S/C37H42N2S/c1-26-36(32-25-28(19-24-35(32)40-26)18-17-27-11-5-3-6-12-27)37-38(2)33-15-9-10-16-34(33)39(37)31-22-20-30(21-23-31)29-13-7-4-8-14-29/h3,5-6,10-12,16,19-22,24-25,29,31,37H,4,7-9,13-15,17-18,23H2,1-2H3. The first-order chi connectivity index (χ1) is 19.7. The summed E-state index contributed by atoms with van der Waals surface area (Å²) in [5, 5.41) is 1.46. The molecule has 4 aliphatic rings. The van der Waals surface area contributed by atoms with Gasteiger partial charge in [-0.25, -0.2) is 0 Å². The van der Waals surface area contributed by atoms with Crippen LogP contribution >= 0.6 is 11.3 Å². The van der Waals surface area contributed by atoms with Crippen molar-refractivity contribution in [2.75, 3.05) is 7.05 Å². The molecule has 3 aromatic rings. The van der Waals surface area contributed by atoms with Crippen LogP contribution in [0.4, 0.5) is 0 Å². The Bertz CT molecular complexity index is 1500. The summed E-state index contributed by atoms with van der Waals surface area (Å²) in [5.41, 5.74) is 8.94. The molecule has 0 spiro atoms. The van der Waals surface area contributed by atoms with Crippen molar-refractivity contribution in [3.8, 4) is 0 Å². The number of hydrogen-bond acceptors (Lipinski definition) is 3. The molecule has 2 atom stereocenters. The molecule has 2 nitrogen and oxygen atoms in total. The van der Waals surface area contributed by atoms with Crippen LogP contribution < -0.4 is 0 Å². The third-order valence-corrected chi connectivity index (χ3v) is 10.9. The van der Waals surface area contributed by atoms with Gasteiger partial charge in [-0.2, -0.15) is 0 Å². The maximum absolute atomic E-state index is 2.76. The Morgan fingerprint density at radius 1 is 0.925 bits per heavy atom. The fourth-order valence-electron chi connectivity index (χ4n) is 7.66. The molecular weight excluding hydrogens is 504 g/mol. The molecule has 0 N–H and O–H groups in total. The van der Waals surface area contributed by atoms with Gasteiger partial charge in [-0.1, -0.05) is 80.0 Å². The molecule has 0 saturated heterocycles. The second kappa shape index (κ2) is 11.1. The van der Waals surface area contributed by atoms with Crippen LogP contribution in [0.3, 0.4) is 0 Å². The summed E-state index contributed by atoms with van der Waals surface area (Å²) in [6.45, 7) is 2.35. The van der Waals surface area contributed by atoms with Gasteiger partial charge in [-0.05, 0) is 92.7 Å². The quantitative estimate of drug-likeness (QED) is 0.304. The molecule has 7 rings (SSSR count). The summed E-state index contributed by atoms with van der Waals surface area (Å²) in [6, 6.07) is 18.5. The van der Waals surface area contributed by atoms with Gasteiger partial charge in [0.15, 0.2) is 0 Å². The molecule has 1 aliphatic heterocycles. The van der Waals surface area contributed by atoms with Crippen molar-refractivity contribution < 1.29 is 0 Å². The van der Waals surface area contributed by atoms with Crippen molar-refractivity contribution in [3.63, 3.8) is 0 Å². The first-order valence-corrected chi connectivity index (χ1v) is 16.3. The van der Waals surface area contributed by atoms with Crippen molar-refractivity contribution in [1.82, 2.24) is 9.80 Å². The molecule has 1 fully saturated rings. The first kappa shape index (κ1) is 25.9. The number of benzene rings is 2. The van der Waals surface area contributed by atoms with E-state index in [-0.39, 0.29) is 6.17 Å². The van der Waals surface area contributed by atoms with E-state index in [0.717, 1.165) is 38.0 Å². The molecule has 1 saturated carbocycles. The molecule has 0 bridgehead atoms. The van der Waals surface area contributed by atoms with E-state index < -0.39 is 0 Å². The number of hydrogen-bond donors (Lipinski definition) is 0. The van der Waals surface area contributed by atoms with Crippen LogP contribution in [0.15, 0.2) is 95.9 Å². The molecule has 3 aliphatic carbocycles. The minimum atomic E-state index is 0.241. The molecular formula is C37H42N2S. The van der Waals surface area contributed by atoms with Crippen LogP contribution in [-0.2, 0) is 12.8 Å². The highest BCUT2D eigenvalue weighted by atomic mass is 32.1. The van der Waals surface area contributed by atoms with E-state index in [4.69, 9.17) is 0 Å². The normalized spacial score (nSPS) is 23.3. The van der Waals surface area contributed by atoms with E-state index in [1.165, 1.54) is 75.2 Å². The third kappa shape index (κ3) is 4.77. The van der Waals surface area contributed by atoms with Crippen molar-refractivity contribution in [2.45, 2.75) is 83.3 Å². The lowest BCUT2D eigenvalue weighted by Gasteiger charge is -2.39. The Balaban J connectivity index is 1.22. The van der Waals surface area contributed by atoms with Crippen LogP contribution in [0, 0.1) is 12.8 Å². The highest BCUT2D eigenvalue weighted by molar-refractivity contribution is 7.19. The summed E-state index contributed by atoms with van der Waals surface area (Å²) in [4.78, 5) is 6.83. The van der Waals surface area contributed by atoms with Crippen LogP contribution in [0.5, 0.6) is 0 Å². The fraction of sp³-hybridized carbons (Fsp3) is 0.405. The summed E-state index contributed by atoms with van der Waals surface area (Å²) >= 11 is 1.97. The van der Waals surface area contributed by atoms with E-state index in [1.807, 2.05) is 11.3 Å². The second-order valence-corrected chi connectivity index (χ2v) is 13.5. The van der Waals surface area contributed by atoms with E-state index in [9.17, 15) is 0 Å². The number of nitrogens with zero attached hydrogens (tertiary/aromatic N) is 2. The minimum Gasteiger partial charge on any atom is -0.352 e. The lowest BCUT2D eigenvalue weighted by atomic mass is 9.81. The van der Waals surface area contributed by atoms with Gasteiger partial charge in [0.25, 0.3) is 0 Å². The van der Waals surface area contributed by atoms with Crippen LogP contribution in [-0.4, -0.2) is 22.9 Å². The Morgan fingerprint density at radius 3 is 2.55 bits per heavy atom. The Kier molecular flexibility index (Phi) is 7.18. The van der Waals surface area contributed by atoms with Crippen molar-refractivity contribution >= 4 is 21.4 Å². The average Bonchev–Trinajstić information content (AvgIpc) is 3.49. The molecule has 3 heteroatoms. The van der Waals surface area contributed by atoms with Gasteiger partial charge in [-0.15, -0.1) is 11.3 Å². The maximum atomic E-state index is 2.76. The van der Waals surface area contributed by atoms with Gasteiger partial charge in [0.2, 0.25) is 0 Å². The molecule has 0 radical (unpaired) electrons. The van der Waals surface area contributed by atoms with Crippen LogP contribution in [0.2, 0.25) is 0 Å². The zero-order valence-corrected chi connectivity index (χ0v) is 24.9. The maximum Gasteiger partial charge on any atom is 0.130 e. The lowest BCUT2D eigenvalue weighted by molar-refractivity contribution is 0.140. The monoisotopic (exact) mass is 546 g/mol. The second-order valence-electron chi connectivity index (χ2n) is 12.3. The fourth-order valence-corrected chi connectivity index (χ4v) is 8.73. The van der Waals surface area contributed by atoms with Gasteiger partial charge >= 0.3 is 0 Å². The van der Waals surface area contributed by atoms with Gasteiger partial charge < -0.3 is 9.80 Å². The minimum absolute atomic E-state index is 0.241. The highest BCUT2D eigenvalue weighted by Gasteiger charge is 2.41. The Hall–Kier alpha value is -3.04. The predicted molar refractivity (Wildman–Crippen MR) is 170 cm³/mol. The molecule has 2 aromatic carbocycles. The largest absolute Gasteiger partial charge is 0.352 e. The summed E-state index contributed by atoms with van der Waals surface area (Å²) in [5.74, 6) is 0.782. The summed E-state index contributed by atoms with van der Waals surface area (Å²) < 4.78 is 1.42. The van der Waals surface area contributed by atoms with Gasteiger partial charge in [-0.3, -0.25) is 0 Å². The lowest BCUT2D eigenvalue weighted by Crippen LogP contribution is -2.38. The molecule has 2 unspecified atom stereocenters. The summed E-state index contributed by atoms with van der Waals surface area (Å²) in [7, 11) is 2.34. The Morgan fingerprint density at radius 2 is 1.75 bits per heavy atom. The SMILES string of the molecule is Cc1sc2ccc(CCc3ccccc3)cc2c1C1N(C)C2=C(C=CCC2)N1C1C=CC(C2CCCCC2)=CC1. The average molecular weight is 547 g/mol. The van der Waals surface area contributed by atoms with Crippen LogP contribution in [0.25, 0.3) is 10.1 Å². The molecule has 40 heavy (non-hydrogen) atoms. The summed E-state index contributed by atoms with van der Waals surface area (Å²) in [6.07, 6.45) is 25.2. The van der Waals surface area contributed by atoms with Gasteiger partial charge in [0.1, 0.15) is 6.17 Å². The molecule has 0 amide bonds. The third-order valence-electron chi connectivity index (χ3n) is 9.77. The van der Waals surface area contributed by atoms with E-state index in [1.54, 1.807) is 5.57 Å². The number of rotatable bonds is 6. The van der Waals surface area contributed by atoms with E-state index >= 15 is 0 Å². The van der Waals surface area contributed by atoms with Crippen molar-refractivity contribution in [3.05, 3.63) is 117 Å². The Labute approximate surface area is 244 Å². The van der Waals surface area contributed by atoms with Gasteiger partial charge in [0.05, 0.1) is 11.7 Å². The number of allylic oxidation sites excluding steroid dienone is 5. The number of aryl methyl sites for hydroxylation is 3. The zero-order valence-electron chi connectivity index (χ0n) is 24.1. The van der Waals surface area contributed by atoms with Crippen molar-refractivity contribution in [2.24, 2.45) is 5.92 Å². The topological polar surface area (TPSA) is 6.48 Å². The molecule has 1 aromatic heterocycles. The highest BCUT2D eigenvalue weighted by Crippen LogP contribution is 2.49. The molecule has 2 heterocycles. The predicted octanol–water partition coefficient (Wildman–Crippen LogP) is 9.64. The number of thiophene rings is 1. The first-order valence-electron chi connectivity index (χ1n) is 15.5. The number of fused-ring (bicyclic) bond motifs is 1. The van der Waals surface area contributed by atoms with Crippen molar-refractivity contribution in [1.29, 1.82) is 0 Å². The zero-order chi connectivity index (χ0) is 27.1.